The first-order valence-electron chi connectivity index (χ1n) is 5.19. The van der Waals surface area contributed by atoms with Crippen LogP contribution in [0.1, 0.15) is 6.42 Å². The molecule has 1 atom stereocenters. The van der Waals surface area contributed by atoms with Crippen molar-refractivity contribution in [2.75, 3.05) is 18.0 Å². The zero-order chi connectivity index (χ0) is 10.3. The van der Waals surface area contributed by atoms with E-state index in [4.69, 9.17) is 10.3 Å². The Balaban J connectivity index is 2.04. The maximum atomic E-state index is 5.88. The lowest BCUT2D eigenvalue weighted by molar-refractivity contribution is 0.456. The van der Waals surface area contributed by atoms with Crippen molar-refractivity contribution in [2.45, 2.75) is 12.5 Å². The fourth-order valence-electron chi connectivity index (χ4n) is 2.08. The van der Waals surface area contributed by atoms with Gasteiger partial charge >= 0.3 is 0 Å². The molecule has 1 fully saturated rings. The number of hydrogen-bond donors (Lipinski definition) is 1. The quantitative estimate of drug-likeness (QED) is 0.760. The van der Waals surface area contributed by atoms with Gasteiger partial charge in [0.15, 0.2) is 11.4 Å². The van der Waals surface area contributed by atoms with E-state index in [0.29, 0.717) is 0 Å². The fourth-order valence-corrected chi connectivity index (χ4v) is 2.08. The molecule has 2 N–H and O–H groups in total. The molecule has 2 heterocycles. The number of anilines is 1. The number of nitrogens with zero attached hydrogens (tertiary/aromatic N) is 2. The van der Waals surface area contributed by atoms with Crippen LogP contribution in [0.25, 0.3) is 11.0 Å². The Morgan fingerprint density at radius 2 is 2.27 bits per heavy atom. The molecule has 0 saturated carbocycles. The predicted octanol–water partition coefficient (Wildman–Crippen LogP) is 1.37. The van der Waals surface area contributed by atoms with E-state index in [0.717, 1.165) is 36.3 Å². The van der Waals surface area contributed by atoms with Crippen LogP contribution in [0.2, 0.25) is 0 Å². The van der Waals surface area contributed by atoms with E-state index >= 15 is 0 Å². The normalized spacial score (nSPS) is 21.4. The SMILES string of the molecule is NC1CCN(c2noc3ccccc23)C1. The topological polar surface area (TPSA) is 55.3 Å². The highest BCUT2D eigenvalue weighted by Crippen LogP contribution is 2.27. The lowest BCUT2D eigenvalue weighted by Crippen LogP contribution is -2.26. The molecule has 0 spiro atoms. The molecule has 1 aliphatic rings. The van der Waals surface area contributed by atoms with E-state index < -0.39 is 0 Å². The molecule has 0 bridgehead atoms. The fraction of sp³-hybridized carbons (Fsp3) is 0.364. The highest BCUT2D eigenvalue weighted by molar-refractivity contribution is 5.88. The van der Waals surface area contributed by atoms with Crippen molar-refractivity contribution in [1.82, 2.24) is 5.16 Å². The van der Waals surface area contributed by atoms with Gasteiger partial charge in [-0.15, -0.1) is 0 Å². The second-order valence-electron chi connectivity index (χ2n) is 4.00. The van der Waals surface area contributed by atoms with Crippen LogP contribution in [0.3, 0.4) is 0 Å². The van der Waals surface area contributed by atoms with E-state index in [2.05, 4.69) is 10.1 Å². The Labute approximate surface area is 87.6 Å². The van der Waals surface area contributed by atoms with Crippen molar-refractivity contribution in [1.29, 1.82) is 0 Å². The Morgan fingerprint density at radius 3 is 3.07 bits per heavy atom. The molecule has 1 unspecified atom stereocenters. The molecule has 1 saturated heterocycles. The number of nitrogens with two attached hydrogens (primary N) is 1. The van der Waals surface area contributed by atoms with Crippen LogP contribution in [-0.4, -0.2) is 24.3 Å². The van der Waals surface area contributed by atoms with Crippen LogP contribution in [0.5, 0.6) is 0 Å². The molecule has 1 aromatic heterocycles. The molecule has 4 nitrogen and oxygen atoms in total. The zero-order valence-corrected chi connectivity index (χ0v) is 8.39. The summed E-state index contributed by atoms with van der Waals surface area (Å²) in [4.78, 5) is 2.19. The van der Waals surface area contributed by atoms with E-state index in [1.54, 1.807) is 0 Å². The summed E-state index contributed by atoms with van der Waals surface area (Å²) in [6.45, 7) is 1.84. The van der Waals surface area contributed by atoms with Gasteiger partial charge in [-0.05, 0) is 18.6 Å². The summed E-state index contributed by atoms with van der Waals surface area (Å²) >= 11 is 0. The first-order chi connectivity index (χ1) is 7.34. The van der Waals surface area contributed by atoms with Crippen LogP contribution in [-0.2, 0) is 0 Å². The Morgan fingerprint density at radius 1 is 1.40 bits per heavy atom. The van der Waals surface area contributed by atoms with Crippen LogP contribution in [0.15, 0.2) is 28.8 Å². The lowest BCUT2D eigenvalue weighted by Gasteiger charge is -2.13. The molecule has 0 aliphatic carbocycles. The van der Waals surface area contributed by atoms with Crippen molar-refractivity contribution < 1.29 is 4.52 Å². The number of fused-ring (bicyclic) bond motifs is 1. The number of benzene rings is 1. The number of aromatic nitrogens is 1. The van der Waals surface area contributed by atoms with Crippen molar-refractivity contribution in [3.63, 3.8) is 0 Å². The Bertz CT molecular complexity index is 479. The summed E-state index contributed by atoms with van der Waals surface area (Å²) in [6.07, 6.45) is 1.03. The first-order valence-corrected chi connectivity index (χ1v) is 5.19. The minimum atomic E-state index is 0.264. The molecule has 3 rings (SSSR count). The molecular formula is C11H13N3O. The van der Waals surface area contributed by atoms with Gasteiger partial charge < -0.3 is 15.2 Å². The summed E-state index contributed by atoms with van der Waals surface area (Å²) in [5.41, 5.74) is 6.72. The summed E-state index contributed by atoms with van der Waals surface area (Å²) in [7, 11) is 0. The monoisotopic (exact) mass is 203 g/mol. The molecule has 0 radical (unpaired) electrons. The molecule has 15 heavy (non-hydrogen) atoms. The third-order valence-electron chi connectivity index (χ3n) is 2.88. The Kier molecular flexibility index (Phi) is 1.89. The average Bonchev–Trinajstić information content (AvgIpc) is 2.83. The van der Waals surface area contributed by atoms with Gasteiger partial charge in [0.2, 0.25) is 0 Å². The largest absolute Gasteiger partial charge is 0.354 e. The summed E-state index contributed by atoms with van der Waals surface area (Å²) in [5, 5.41) is 5.18. The van der Waals surface area contributed by atoms with Crippen molar-refractivity contribution in [3.05, 3.63) is 24.3 Å². The van der Waals surface area contributed by atoms with Gasteiger partial charge in [0.25, 0.3) is 0 Å². The Hall–Kier alpha value is -1.55. The molecule has 4 heteroatoms. The number of rotatable bonds is 1. The minimum Gasteiger partial charge on any atom is -0.354 e. The maximum absolute atomic E-state index is 5.88. The van der Waals surface area contributed by atoms with Gasteiger partial charge in [0, 0.05) is 19.1 Å². The van der Waals surface area contributed by atoms with Gasteiger partial charge in [-0.2, -0.15) is 0 Å². The summed E-state index contributed by atoms with van der Waals surface area (Å²) < 4.78 is 5.26. The van der Waals surface area contributed by atoms with Gasteiger partial charge in [0.1, 0.15) is 0 Å². The minimum absolute atomic E-state index is 0.264. The standard InChI is InChI=1S/C11H13N3O/c12-8-5-6-14(7-8)11-9-3-1-2-4-10(9)15-13-11/h1-4,8H,5-7,12H2. The van der Waals surface area contributed by atoms with Crippen LogP contribution < -0.4 is 10.6 Å². The lowest BCUT2D eigenvalue weighted by atomic mass is 10.2. The maximum Gasteiger partial charge on any atom is 0.180 e. The van der Waals surface area contributed by atoms with Crippen LogP contribution in [0, 0.1) is 0 Å². The van der Waals surface area contributed by atoms with Gasteiger partial charge in [-0.3, -0.25) is 0 Å². The van der Waals surface area contributed by atoms with Gasteiger partial charge in [-0.25, -0.2) is 0 Å². The molecular weight excluding hydrogens is 190 g/mol. The van der Waals surface area contributed by atoms with E-state index in [9.17, 15) is 0 Å². The predicted molar refractivity (Wildman–Crippen MR) is 58.8 cm³/mol. The van der Waals surface area contributed by atoms with Gasteiger partial charge in [0.05, 0.1) is 5.39 Å². The smallest absolute Gasteiger partial charge is 0.180 e. The second kappa shape index (κ2) is 3.24. The summed E-state index contributed by atoms with van der Waals surface area (Å²) in [6, 6.07) is 8.18. The highest BCUT2D eigenvalue weighted by atomic mass is 16.5. The molecule has 78 valence electrons. The average molecular weight is 203 g/mol. The third kappa shape index (κ3) is 1.37. The van der Waals surface area contributed by atoms with Crippen molar-refractivity contribution >= 4 is 16.8 Å². The first kappa shape index (κ1) is 8.73. The van der Waals surface area contributed by atoms with Crippen LogP contribution in [0.4, 0.5) is 5.82 Å². The third-order valence-corrected chi connectivity index (χ3v) is 2.88. The second-order valence-corrected chi connectivity index (χ2v) is 4.00. The molecule has 2 aromatic rings. The zero-order valence-electron chi connectivity index (χ0n) is 8.39. The van der Waals surface area contributed by atoms with E-state index in [1.165, 1.54) is 0 Å². The summed E-state index contributed by atoms with van der Waals surface area (Å²) in [5.74, 6) is 0.929. The number of para-hydroxylation sites is 1. The molecule has 0 amide bonds. The van der Waals surface area contributed by atoms with Crippen LogP contribution >= 0.6 is 0 Å². The van der Waals surface area contributed by atoms with Crippen molar-refractivity contribution in [2.24, 2.45) is 5.73 Å². The molecule has 1 aromatic carbocycles. The van der Waals surface area contributed by atoms with E-state index in [-0.39, 0.29) is 6.04 Å². The highest BCUT2D eigenvalue weighted by Gasteiger charge is 2.23. The van der Waals surface area contributed by atoms with E-state index in [1.807, 2.05) is 24.3 Å². The van der Waals surface area contributed by atoms with Crippen molar-refractivity contribution in [3.8, 4) is 0 Å². The number of hydrogen-bond acceptors (Lipinski definition) is 4. The molecule has 1 aliphatic heterocycles. The van der Waals surface area contributed by atoms with Gasteiger partial charge in [-0.1, -0.05) is 17.3 Å².